The van der Waals surface area contributed by atoms with Gasteiger partial charge in [0.05, 0.1) is 7.11 Å². The molecule has 10 nitrogen and oxygen atoms in total. The molecule has 0 spiro atoms. The molecule has 238 valence electrons. The van der Waals surface area contributed by atoms with Gasteiger partial charge in [-0.15, -0.1) is 0 Å². The Hall–Kier alpha value is -3.79. The van der Waals surface area contributed by atoms with Gasteiger partial charge in [0.1, 0.15) is 18.2 Å². The first-order chi connectivity index (χ1) is 20.2. The Morgan fingerprint density at radius 3 is 2.42 bits per heavy atom. The third kappa shape index (κ3) is 14.8. The zero-order valence-corrected chi connectivity index (χ0v) is 27.1. The van der Waals surface area contributed by atoms with Crippen LogP contribution in [0.1, 0.15) is 60.8 Å². The van der Waals surface area contributed by atoms with E-state index in [-0.39, 0.29) is 23.7 Å². The molecule has 0 aromatic rings. The Kier molecular flexibility index (Phi) is 16.2. The number of hydrogen-bond acceptors (Lipinski definition) is 7. The summed E-state index contributed by atoms with van der Waals surface area (Å²) in [6, 6.07) is -0.814. The molecule has 0 saturated heterocycles. The summed E-state index contributed by atoms with van der Waals surface area (Å²) in [6.07, 6.45) is 15.2. The molecule has 0 fully saturated rings. The minimum absolute atomic E-state index is 0.0171. The summed E-state index contributed by atoms with van der Waals surface area (Å²) in [7, 11) is 2.91. The van der Waals surface area contributed by atoms with E-state index in [0.717, 1.165) is 5.57 Å². The number of amides is 3. The van der Waals surface area contributed by atoms with E-state index in [2.05, 4.69) is 16.0 Å². The smallest absolute Gasteiger partial charge is 0.407 e. The van der Waals surface area contributed by atoms with Gasteiger partial charge in [0.25, 0.3) is 0 Å². The maximum Gasteiger partial charge on any atom is 0.407 e. The lowest BCUT2D eigenvalue weighted by Gasteiger charge is -2.29. The molecule has 11 heteroatoms. The summed E-state index contributed by atoms with van der Waals surface area (Å²) >= 11 is 5.89. The summed E-state index contributed by atoms with van der Waals surface area (Å²) in [4.78, 5) is 49.1. The quantitative estimate of drug-likeness (QED) is 0.136. The monoisotopic (exact) mass is 619 g/mol. The van der Waals surface area contributed by atoms with Crippen molar-refractivity contribution in [2.45, 2.75) is 79.1 Å². The number of rotatable bonds is 14. The molecule has 43 heavy (non-hydrogen) atoms. The third-order valence-electron chi connectivity index (χ3n) is 6.34. The highest BCUT2D eigenvalue weighted by Gasteiger charge is 2.32. The van der Waals surface area contributed by atoms with Crippen molar-refractivity contribution in [1.82, 2.24) is 16.0 Å². The fourth-order valence-electron chi connectivity index (χ4n) is 3.97. The molecule has 0 bridgehead atoms. The lowest BCUT2D eigenvalue weighted by Crippen LogP contribution is -2.52. The Morgan fingerprint density at radius 2 is 1.84 bits per heavy atom. The molecule has 1 rings (SSSR count). The number of halogens is 1. The molecular weight excluding hydrogens is 574 g/mol. The first kappa shape index (κ1) is 37.2. The normalized spacial score (nSPS) is 18.6. The van der Waals surface area contributed by atoms with Crippen LogP contribution in [0.3, 0.4) is 0 Å². The second kappa shape index (κ2) is 18.7. The number of hydrogen-bond donors (Lipinski definition) is 3. The Morgan fingerprint density at radius 1 is 1.16 bits per heavy atom. The van der Waals surface area contributed by atoms with Gasteiger partial charge in [0.2, 0.25) is 11.8 Å². The Balaban J connectivity index is 2.71. The summed E-state index contributed by atoms with van der Waals surface area (Å²) < 4.78 is 15.7. The number of alkyl carbamates (subject to hydrolysis) is 1. The average Bonchev–Trinajstić information content (AvgIpc) is 2.93. The first-order valence-electron chi connectivity index (χ1n) is 14.1. The fourth-order valence-corrected chi connectivity index (χ4v) is 4.06. The highest BCUT2D eigenvalue weighted by atomic mass is 35.5. The molecule has 4 unspecified atom stereocenters. The predicted octanol–water partition coefficient (Wildman–Crippen LogP) is 5.34. The summed E-state index contributed by atoms with van der Waals surface area (Å²) in [5.41, 5.74) is 0.368. The van der Waals surface area contributed by atoms with E-state index in [4.69, 9.17) is 25.8 Å². The van der Waals surface area contributed by atoms with Gasteiger partial charge in [-0.05, 0) is 31.5 Å². The second-order valence-electron chi connectivity index (χ2n) is 11.2. The van der Waals surface area contributed by atoms with Gasteiger partial charge in [0.15, 0.2) is 5.76 Å². The van der Waals surface area contributed by atoms with Gasteiger partial charge in [-0.2, -0.15) is 0 Å². The molecule has 0 aromatic carbocycles. The van der Waals surface area contributed by atoms with Crippen molar-refractivity contribution in [3.8, 4) is 0 Å². The predicted molar refractivity (Wildman–Crippen MR) is 168 cm³/mol. The number of methoxy groups -OCH3 is 1. The standard InChI is InChI=1S/C32H46ClN3O7/c1-21(20-22(2)25-17-18-26(41-8)30(39)43-25)12-9-10-14-27(37)36-28(32(4,5)6)29(38)35-19-11-13-24(16-15-23(3)33)42-31(40)34-7/h9-12,14-15,18-20,22,24-25,28H,13,16-17H2,1-8H3,(H,34,40)(H,35,38)(H,36,37)/b12-9+,14-10-,19-11-,21-20+,23-15+. The maximum atomic E-state index is 12.9. The Bertz CT molecular complexity index is 1160. The van der Waals surface area contributed by atoms with Crippen LogP contribution in [0, 0.1) is 11.3 Å². The van der Waals surface area contributed by atoms with Crippen molar-refractivity contribution in [3.63, 3.8) is 0 Å². The molecule has 0 aliphatic carbocycles. The lowest BCUT2D eigenvalue weighted by molar-refractivity contribution is -0.151. The number of carbonyl (C=O) groups is 4. The molecular formula is C32H46ClN3O7. The minimum Gasteiger partial charge on any atom is -0.490 e. The number of allylic oxidation sites excluding steroid dienone is 5. The van der Waals surface area contributed by atoms with E-state index < -0.39 is 35.5 Å². The molecule has 0 aromatic heterocycles. The number of nitrogens with one attached hydrogen (secondary N) is 3. The maximum absolute atomic E-state index is 12.9. The average molecular weight is 620 g/mol. The minimum atomic E-state index is -0.814. The van der Waals surface area contributed by atoms with E-state index in [1.807, 2.05) is 46.8 Å². The van der Waals surface area contributed by atoms with Gasteiger partial charge in [-0.1, -0.05) is 81.3 Å². The van der Waals surface area contributed by atoms with Crippen molar-refractivity contribution in [2.75, 3.05) is 14.2 Å². The van der Waals surface area contributed by atoms with Crippen molar-refractivity contribution < 1.29 is 33.4 Å². The van der Waals surface area contributed by atoms with Gasteiger partial charge in [0, 0.05) is 43.3 Å². The van der Waals surface area contributed by atoms with Gasteiger partial charge in [-0.25, -0.2) is 9.59 Å². The van der Waals surface area contributed by atoms with Crippen LogP contribution in [-0.2, 0) is 28.6 Å². The summed E-state index contributed by atoms with van der Waals surface area (Å²) in [5, 5.41) is 8.45. The zero-order valence-electron chi connectivity index (χ0n) is 26.4. The lowest BCUT2D eigenvalue weighted by atomic mass is 9.86. The van der Waals surface area contributed by atoms with Crippen LogP contribution < -0.4 is 16.0 Å². The molecule has 3 amide bonds. The number of cyclic esters (lactones) is 1. The second-order valence-corrected chi connectivity index (χ2v) is 11.8. The van der Waals surface area contributed by atoms with E-state index in [0.29, 0.717) is 24.3 Å². The summed E-state index contributed by atoms with van der Waals surface area (Å²) in [6.45, 7) is 11.2. The molecule has 1 aliphatic heterocycles. The van der Waals surface area contributed by atoms with Crippen LogP contribution in [0.25, 0.3) is 0 Å². The molecule has 0 saturated carbocycles. The molecule has 3 N–H and O–H groups in total. The van der Waals surface area contributed by atoms with Crippen molar-refractivity contribution >= 4 is 35.5 Å². The SMILES string of the molecule is CNC(=O)OC(C/C=C\NC(=O)C(NC(=O)\C=C/C=C/C(C)=C/C(C)C1CC=C(OC)C(=O)O1)C(C)(C)C)C/C=C(\C)Cl. The topological polar surface area (TPSA) is 132 Å². The van der Waals surface area contributed by atoms with Crippen LogP contribution in [0.15, 0.2) is 71.2 Å². The van der Waals surface area contributed by atoms with Crippen molar-refractivity contribution in [1.29, 1.82) is 0 Å². The number of esters is 1. The van der Waals surface area contributed by atoms with Crippen molar-refractivity contribution in [2.24, 2.45) is 11.3 Å². The Labute approximate surface area is 260 Å². The highest BCUT2D eigenvalue weighted by Crippen LogP contribution is 2.23. The van der Waals surface area contributed by atoms with Crippen LogP contribution in [-0.4, -0.2) is 56.3 Å². The largest absolute Gasteiger partial charge is 0.490 e. The van der Waals surface area contributed by atoms with Gasteiger partial charge >= 0.3 is 12.1 Å². The van der Waals surface area contributed by atoms with E-state index in [1.165, 1.54) is 26.4 Å². The number of carbonyl (C=O) groups excluding carboxylic acids is 4. The molecule has 1 heterocycles. The molecule has 4 atom stereocenters. The van der Waals surface area contributed by atoms with Crippen molar-refractivity contribution in [3.05, 3.63) is 71.2 Å². The van der Waals surface area contributed by atoms with E-state index in [1.54, 1.807) is 37.3 Å². The van der Waals surface area contributed by atoms with E-state index >= 15 is 0 Å². The van der Waals surface area contributed by atoms with Crippen LogP contribution in [0.2, 0.25) is 0 Å². The van der Waals surface area contributed by atoms with Crippen LogP contribution in [0.4, 0.5) is 4.79 Å². The first-order valence-corrected chi connectivity index (χ1v) is 14.5. The summed E-state index contributed by atoms with van der Waals surface area (Å²) in [5.74, 6) is -1.07. The molecule has 0 radical (unpaired) electrons. The zero-order chi connectivity index (χ0) is 32.6. The van der Waals surface area contributed by atoms with Gasteiger partial charge < -0.3 is 30.2 Å². The van der Waals surface area contributed by atoms with Gasteiger partial charge in [-0.3, -0.25) is 9.59 Å². The molecule has 1 aliphatic rings. The fraction of sp³-hybridized carbons (Fsp3) is 0.500. The number of ether oxygens (including phenoxy) is 3. The van der Waals surface area contributed by atoms with E-state index in [9.17, 15) is 19.2 Å². The third-order valence-corrected chi connectivity index (χ3v) is 6.50. The van der Waals surface area contributed by atoms with Crippen LogP contribution in [0.5, 0.6) is 0 Å². The van der Waals surface area contributed by atoms with Crippen LogP contribution >= 0.6 is 11.6 Å². The highest BCUT2D eigenvalue weighted by molar-refractivity contribution is 6.29.